The van der Waals surface area contributed by atoms with Gasteiger partial charge in [-0.15, -0.1) is 0 Å². The molecule has 0 aromatic carbocycles. The Morgan fingerprint density at radius 1 is 1.33 bits per heavy atom. The van der Waals surface area contributed by atoms with Crippen LogP contribution in [-0.2, 0) is 16.1 Å². The molecule has 1 aliphatic heterocycles. The van der Waals surface area contributed by atoms with Crippen LogP contribution in [0.1, 0.15) is 50.8 Å². The molecule has 27 heavy (non-hydrogen) atoms. The molecule has 1 aromatic heterocycles. The third kappa shape index (κ3) is 5.79. The summed E-state index contributed by atoms with van der Waals surface area (Å²) in [6.45, 7) is 5.91. The number of imidazole rings is 1. The van der Waals surface area contributed by atoms with E-state index in [2.05, 4.69) is 25.1 Å². The Hall–Kier alpha value is -1.89. The first-order valence-corrected chi connectivity index (χ1v) is 10.4. The number of rotatable bonds is 8. The highest BCUT2D eigenvalue weighted by molar-refractivity contribution is 5.88. The van der Waals surface area contributed by atoms with Crippen LogP contribution in [0.2, 0.25) is 0 Å². The van der Waals surface area contributed by atoms with Crippen molar-refractivity contribution in [2.75, 3.05) is 26.2 Å². The first-order valence-electron chi connectivity index (χ1n) is 10.4. The zero-order valence-electron chi connectivity index (χ0n) is 16.5. The van der Waals surface area contributed by atoms with E-state index < -0.39 is 0 Å². The van der Waals surface area contributed by atoms with E-state index in [4.69, 9.17) is 0 Å². The molecular weight excluding hydrogens is 342 g/mol. The number of hydrogen-bond acceptors (Lipinski definition) is 4. The summed E-state index contributed by atoms with van der Waals surface area (Å²) in [5, 5.41) is 5.90. The van der Waals surface area contributed by atoms with Gasteiger partial charge >= 0.3 is 0 Å². The highest BCUT2D eigenvalue weighted by atomic mass is 16.2. The molecule has 2 fully saturated rings. The van der Waals surface area contributed by atoms with Crippen LogP contribution < -0.4 is 10.6 Å². The quantitative estimate of drug-likeness (QED) is 0.675. The SMILES string of the molecule is Cc1nccn1CCCNC(=O)C[C@@H]1C(=O)NCCN1CC1CCCCC1. The van der Waals surface area contributed by atoms with Crippen molar-refractivity contribution in [2.24, 2.45) is 5.92 Å². The Labute approximate surface area is 161 Å². The van der Waals surface area contributed by atoms with Crippen molar-refractivity contribution in [3.63, 3.8) is 0 Å². The third-order valence-electron chi connectivity index (χ3n) is 5.86. The summed E-state index contributed by atoms with van der Waals surface area (Å²) >= 11 is 0. The van der Waals surface area contributed by atoms with Crippen LogP contribution in [0.15, 0.2) is 12.4 Å². The Morgan fingerprint density at radius 2 is 2.15 bits per heavy atom. The molecule has 2 heterocycles. The lowest BCUT2D eigenvalue weighted by atomic mass is 9.88. The van der Waals surface area contributed by atoms with E-state index in [-0.39, 0.29) is 24.3 Å². The van der Waals surface area contributed by atoms with Crippen LogP contribution in [0.5, 0.6) is 0 Å². The molecule has 0 unspecified atom stereocenters. The second kappa shape index (κ2) is 9.88. The molecule has 7 heteroatoms. The average Bonchev–Trinajstić information content (AvgIpc) is 3.07. The Bertz CT molecular complexity index is 624. The molecule has 0 bridgehead atoms. The molecule has 1 aromatic rings. The van der Waals surface area contributed by atoms with Crippen LogP contribution in [0.3, 0.4) is 0 Å². The van der Waals surface area contributed by atoms with Gasteiger partial charge in [-0.1, -0.05) is 19.3 Å². The summed E-state index contributed by atoms with van der Waals surface area (Å²) in [4.78, 5) is 31.2. The molecule has 3 rings (SSSR count). The Balaban J connectivity index is 1.43. The second-order valence-electron chi connectivity index (χ2n) is 7.88. The van der Waals surface area contributed by atoms with Crippen molar-refractivity contribution in [3.05, 3.63) is 18.2 Å². The van der Waals surface area contributed by atoms with E-state index in [1.165, 1.54) is 32.1 Å². The van der Waals surface area contributed by atoms with E-state index in [0.29, 0.717) is 19.0 Å². The largest absolute Gasteiger partial charge is 0.356 e. The van der Waals surface area contributed by atoms with Gasteiger partial charge in [-0.3, -0.25) is 14.5 Å². The zero-order valence-corrected chi connectivity index (χ0v) is 16.5. The monoisotopic (exact) mass is 375 g/mol. The molecule has 0 radical (unpaired) electrons. The predicted octanol–water partition coefficient (Wildman–Crippen LogP) is 1.47. The van der Waals surface area contributed by atoms with Gasteiger partial charge in [-0.05, 0) is 32.1 Å². The smallest absolute Gasteiger partial charge is 0.237 e. The maximum absolute atomic E-state index is 12.4. The third-order valence-corrected chi connectivity index (χ3v) is 5.86. The summed E-state index contributed by atoms with van der Waals surface area (Å²) in [5.74, 6) is 1.63. The van der Waals surface area contributed by atoms with Gasteiger partial charge in [0.15, 0.2) is 0 Å². The second-order valence-corrected chi connectivity index (χ2v) is 7.88. The van der Waals surface area contributed by atoms with E-state index >= 15 is 0 Å². The summed E-state index contributed by atoms with van der Waals surface area (Å²) in [5.41, 5.74) is 0. The molecule has 1 aliphatic carbocycles. The highest BCUT2D eigenvalue weighted by Gasteiger charge is 2.33. The molecular formula is C20H33N5O2. The minimum Gasteiger partial charge on any atom is -0.356 e. The number of nitrogens with one attached hydrogen (secondary N) is 2. The van der Waals surface area contributed by atoms with Gasteiger partial charge in [0, 0.05) is 45.1 Å². The van der Waals surface area contributed by atoms with E-state index in [1.807, 2.05) is 13.1 Å². The van der Waals surface area contributed by atoms with Gasteiger partial charge in [0.05, 0.1) is 12.5 Å². The van der Waals surface area contributed by atoms with E-state index in [9.17, 15) is 9.59 Å². The average molecular weight is 376 g/mol. The van der Waals surface area contributed by atoms with Crippen LogP contribution in [0.25, 0.3) is 0 Å². The molecule has 1 saturated carbocycles. The summed E-state index contributed by atoms with van der Waals surface area (Å²) < 4.78 is 2.08. The molecule has 2 N–H and O–H groups in total. The summed E-state index contributed by atoms with van der Waals surface area (Å²) in [6, 6.07) is -0.323. The zero-order chi connectivity index (χ0) is 19.1. The Morgan fingerprint density at radius 3 is 2.89 bits per heavy atom. The fraction of sp³-hybridized carbons (Fsp3) is 0.750. The van der Waals surface area contributed by atoms with E-state index in [0.717, 1.165) is 31.9 Å². The number of piperazine rings is 1. The molecule has 1 atom stereocenters. The van der Waals surface area contributed by atoms with Gasteiger partial charge in [-0.25, -0.2) is 4.98 Å². The number of aromatic nitrogens is 2. The molecule has 2 amide bonds. The molecule has 1 saturated heterocycles. The first-order chi connectivity index (χ1) is 13.1. The van der Waals surface area contributed by atoms with Crippen molar-refractivity contribution >= 4 is 11.8 Å². The van der Waals surface area contributed by atoms with Crippen LogP contribution in [-0.4, -0.2) is 58.5 Å². The van der Waals surface area contributed by atoms with Gasteiger partial charge in [-0.2, -0.15) is 0 Å². The van der Waals surface area contributed by atoms with Crippen LogP contribution in [0, 0.1) is 12.8 Å². The van der Waals surface area contributed by atoms with Crippen molar-refractivity contribution in [1.29, 1.82) is 0 Å². The van der Waals surface area contributed by atoms with Gasteiger partial charge in [0.1, 0.15) is 5.82 Å². The molecule has 0 spiro atoms. The molecule has 2 aliphatic rings. The van der Waals surface area contributed by atoms with Crippen molar-refractivity contribution in [2.45, 2.75) is 64.5 Å². The number of amides is 2. The topological polar surface area (TPSA) is 79.3 Å². The maximum atomic E-state index is 12.4. The number of aryl methyl sites for hydroxylation is 2. The minimum atomic E-state index is -0.323. The Kier molecular flexibility index (Phi) is 7.26. The fourth-order valence-corrected chi connectivity index (χ4v) is 4.27. The van der Waals surface area contributed by atoms with Gasteiger partial charge in [0.25, 0.3) is 0 Å². The lowest BCUT2D eigenvalue weighted by Crippen LogP contribution is -2.57. The lowest BCUT2D eigenvalue weighted by Gasteiger charge is -2.37. The summed E-state index contributed by atoms with van der Waals surface area (Å²) in [6.07, 6.45) is 11.3. The van der Waals surface area contributed by atoms with Crippen molar-refractivity contribution in [1.82, 2.24) is 25.1 Å². The molecule has 150 valence electrons. The van der Waals surface area contributed by atoms with Gasteiger partial charge in [0.2, 0.25) is 11.8 Å². The van der Waals surface area contributed by atoms with Gasteiger partial charge < -0.3 is 15.2 Å². The highest BCUT2D eigenvalue weighted by Crippen LogP contribution is 2.25. The van der Waals surface area contributed by atoms with Crippen LogP contribution in [0.4, 0.5) is 0 Å². The number of carbonyl (C=O) groups is 2. The lowest BCUT2D eigenvalue weighted by molar-refractivity contribution is -0.134. The van der Waals surface area contributed by atoms with Crippen LogP contribution >= 0.6 is 0 Å². The molecule has 7 nitrogen and oxygen atoms in total. The fourth-order valence-electron chi connectivity index (χ4n) is 4.27. The minimum absolute atomic E-state index is 0.00116. The van der Waals surface area contributed by atoms with E-state index in [1.54, 1.807) is 6.20 Å². The number of nitrogens with zero attached hydrogens (tertiary/aromatic N) is 3. The normalized spacial score (nSPS) is 21.8. The van der Waals surface area contributed by atoms with Crippen molar-refractivity contribution < 1.29 is 9.59 Å². The maximum Gasteiger partial charge on any atom is 0.237 e. The summed E-state index contributed by atoms with van der Waals surface area (Å²) in [7, 11) is 0. The predicted molar refractivity (Wildman–Crippen MR) is 104 cm³/mol. The standard InChI is InChI=1S/C20H33N5O2/c1-16-21-9-12-24(16)11-5-8-22-19(26)14-18-20(27)23-10-13-25(18)15-17-6-3-2-4-7-17/h9,12,17-18H,2-8,10-11,13-15H2,1H3,(H,22,26)(H,23,27)/t18-/m1/s1. The van der Waals surface area contributed by atoms with Crippen molar-refractivity contribution in [3.8, 4) is 0 Å². The number of hydrogen-bond donors (Lipinski definition) is 2. The first kappa shape index (κ1) is 19.9. The number of carbonyl (C=O) groups excluding carboxylic acids is 2.